The largest absolute Gasteiger partial charge is 0.353 e. The molecule has 1 amide bonds. The van der Waals surface area contributed by atoms with Crippen molar-refractivity contribution >= 4 is 23.0 Å². The smallest absolute Gasteiger partial charge is 0.228 e. The SMILES string of the molecule is O=C(Cc1ccccc1)Nc1ccc(Nc2ccc(F)cc2F)cc1. The topological polar surface area (TPSA) is 41.1 Å². The fourth-order valence-electron chi connectivity index (χ4n) is 2.37. The molecule has 2 N–H and O–H groups in total. The summed E-state index contributed by atoms with van der Waals surface area (Å²) in [4.78, 5) is 12.0. The lowest BCUT2D eigenvalue weighted by Crippen LogP contribution is -2.14. The zero-order valence-corrected chi connectivity index (χ0v) is 13.3. The Hall–Kier alpha value is -3.21. The first-order valence-electron chi connectivity index (χ1n) is 7.76. The summed E-state index contributed by atoms with van der Waals surface area (Å²) in [6, 6.07) is 19.6. The van der Waals surface area contributed by atoms with Gasteiger partial charge in [-0.05, 0) is 42.0 Å². The first-order chi connectivity index (χ1) is 12.1. The Bertz CT molecular complexity index is 865. The van der Waals surface area contributed by atoms with Crippen LogP contribution in [0.15, 0.2) is 72.8 Å². The molecule has 0 spiro atoms. The average molecular weight is 338 g/mol. The summed E-state index contributed by atoms with van der Waals surface area (Å²) < 4.78 is 26.5. The van der Waals surface area contributed by atoms with Crippen LogP contribution in [0.4, 0.5) is 25.8 Å². The number of hydrogen-bond acceptors (Lipinski definition) is 2. The van der Waals surface area contributed by atoms with Crippen LogP contribution in [0, 0.1) is 11.6 Å². The van der Waals surface area contributed by atoms with E-state index < -0.39 is 11.6 Å². The molecule has 0 bridgehead atoms. The van der Waals surface area contributed by atoms with Gasteiger partial charge in [0.05, 0.1) is 12.1 Å². The highest BCUT2D eigenvalue weighted by Crippen LogP contribution is 2.22. The predicted octanol–water partition coefficient (Wildman–Crippen LogP) is 4.89. The van der Waals surface area contributed by atoms with E-state index in [0.717, 1.165) is 11.6 Å². The molecule has 0 saturated heterocycles. The van der Waals surface area contributed by atoms with E-state index in [9.17, 15) is 13.6 Å². The van der Waals surface area contributed by atoms with Crippen molar-refractivity contribution in [3.8, 4) is 0 Å². The number of carbonyl (C=O) groups excluding carboxylic acids is 1. The molecule has 3 rings (SSSR count). The monoisotopic (exact) mass is 338 g/mol. The molecule has 3 nitrogen and oxygen atoms in total. The second-order valence-electron chi connectivity index (χ2n) is 5.54. The lowest BCUT2D eigenvalue weighted by Gasteiger charge is -2.09. The highest BCUT2D eigenvalue weighted by Gasteiger charge is 2.06. The summed E-state index contributed by atoms with van der Waals surface area (Å²) in [6.45, 7) is 0. The van der Waals surface area contributed by atoms with Crippen molar-refractivity contribution in [3.63, 3.8) is 0 Å². The van der Waals surface area contributed by atoms with Gasteiger partial charge < -0.3 is 10.6 Å². The van der Waals surface area contributed by atoms with E-state index in [2.05, 4.69) is 10.6 Å². The number of amides is 1. The summed E-state index contributed by atoms with van der Waals surface area (Å²) in [5.41, 5.74) is 2.39. The van der Waals surface area contributed by atoms with Crippen LogP contribution in [0.1, 0.15) is 5.56 Å². The molecule has 0 heterocycles. The van der Waals surface area contributed by atoms with Crippen LogP contribution in [0.2, 0.25) is 0 Å². The number of benzene rings is 3. The molecule has 3 aromatic rings. The van der Waals surface area contributed by atoms with Crippen LogP contribution in [-0.4, -0.2) is 5.91 Å². The van der Waals surface area contributed by atoms with Crippen LogP contribution in [0.5, 0.6) is 0 Å². The highest BCUT2D eigenvalue weighted by molar-refractivity contribution is 5.92. The summed E-state index contributed by atoms with van der Waals surface area (Å²) in [5, 5.41) is 5.68. The van der Waals surface area contributed by atoms with Crippen molar-refractivity contribution in [3.05, 3.63) is 90.0 Å². The van der Waals surface area contributed by atoms with Crippen LogP contribution in [-0.2, 0) is 11.2 Å². The number of halogens is 2. The van der Waals surface area contributed by atoms with Gasteiger partial charge in [0.25, 0.3) is 0 Å². The molecular formula is C20H16F2N2O. The molecule has 0 atom stereocenters. The van der Waals surface area contributed by atoms with E-state index in [4.69, 9.17) is 0 Å². The second kappa shape index (κ2) is 7.57. The van der Waals surface area contributed by atoms with Gasteiger partial charge in [0, 0.05) is 17.4 Å². The number of nitrogens with one attached hydrogen (secondary N) is 2. The molecular weight excluding hydrogens is 322 g/mol. The third kappa shape index (κ3) is 4.64. The van der Waals surface area contributed by atoms with Crippen LogP contribution >= 0.6 is 0 Å². The molecule has 3 aromatic carbocycles. The van der Waals surface area contributed by atoms with E-state index in [1.54, 1.807) is 24.3 Å². The summed E-state index contributed by atoms with van der Waals surface area (Å²) in [7, 11) is 0. The molecule has 0 aromatic heterocycles. The predicted molar refractivity (Wildman–Crippen MR) is 94.9 cm³/mol. The molecule has 0 radical (unpaired) electrons. The Balaban J connectivity index is 1.61. The lowest BCUT2D eigenvalue weighted by atomic mass is 10.1. The summed E-state index contributed by atoms with van der Waals surface area (Å²) in [5.74, 6) is -1.41. The molecule has 126 valence electrons. The molecule has 0 fully saturated rings. The Morgan fingerprint density at radius 1 is 0.840 bits per heavy atom. The van der Waals surface area contributed by atoms with Crippen molar-refractivity contribution < 1.29 is 13.6 Å². The first kappa shape index (κ1) is 16.6. The summed E-state index contributed by atoms with van der Waals surface area (Å²) in [6.07, 6.45) is 0.293. The van der Waals surface area contributed by atoms with Gasteiger partial charge in [-0.3, -0.25) is 4.79 Å². The van der Waals surface area contributed by atoms with Crippen LogP contribution < -0.4 is 10.6 Å². The average Bonchev–Trinajstić information content (AvgIpc) is 2.60. The standard InChI is InChI=1S/C20H16F2N2O/c21-15-6-11-19(18(22)13-15)23-16-7-9-17(10-8-16)24-20(25)12-14-4-2-1-3-5-14/h1-11,13,23H,12H2,(H,24,25). The number of anilines is 3. The number of hydrogen-bond donors (Lipinski definition) is 2. The van der Waals surface area contributed by atoms with E-state index >= 15 is 0 Å². The van der Waals surface area contributed by atoms with E-state index in [-0.39, 0.29) is 11.6 Å². The molecule has 0 aliphatic heterocycles. The fourth-order valence-corrected chi connectivity index (χ4v) is 2.37. The Morgan fingerprint density at radius 2 is 1.52 bits per heavy atom. The Morgan fingerprint density at radius 3 is 2.20 bits per heavy atom. The maximum atomic E-state index is 13.6. The second-order valence-corrected chi connectivity index (χ2v) is 5.54. The number of carbonyl (C=O) groups is 1. The van der Waals surface area contributed by atoms with Crippen LogP contribution in [0.3, 0.4) is 0 Å². The third-order valence-electron chi connectivity index (χ3n) is 3.59. The minimum Gasteiger partial charge on any atom is -0.353 e. The van der Waals surface area contributed by atoms with Crippen molar-refractivity contribution in [1.29, 1.82) is 0 Å². The van der Waals surface area contributed by atoms with E-state index in [0.29, 0.717) is 17.8 Å². The van der Waals surface area contributed by atoms with Gasteiger partial charge in [-0.1, -0.05) is 30.3 Å². The maximum absolute atomic E-state index is 13.6. The van der Waals surface area contributed by atoms with Gasteiger partial charge in [0.15, 0.2) is 0 Å². The van der Waals surface area contributed by atoms with Gasteiger partial charge in [0.1, 0.15) is 11.6 Å². The first-order valence-corrected chi connectivity index (χ1v) is 7.76. The lowest BCUT2D eigenvalue weighted by molar-refractivity contribution is -0.115. The molecule has 0 aliphatic carbocycles. The molecule has 0 saturated carbocycles. The Kier molecular flexibility index (Phi) is 5.04. The van der Waals surface area contributed by atoms with Gasteiger partial charge in [0.2, 0.25) is 5.91 Å². The highest BCUT2D eigenvalue weighted by atomic mass is 19.1. The molecule has 0 aliphatic rings. The molecule has 5 heteroatoms. The van der Waals surface area contributed by atoms with Crippen LogP contribution in [0.25, 0.3) is 0 Å². The molecule has 0 unspecified atom stereocenters. The summed E-state index contributed by atoms with van der Waals surface area (Å²) >= 11 is 0. The van der Waals surface area contributed by atoms with Gasteiger partial charge >= 0.3 is 0 Å². The Labute approximate surface area is 144 Å². The third-order valence-corrected chi connectivity index (χ3v) is 3.59. The van der Waals surface area contributed by atoms with Crippen molar-refractivity contribution in [2.75, 3.05) is 10.6 Å². The zero-order chi connectivity index (χ0) is 17.6. The van der Waals surface area contributed by atoms with Crippen molar-refractivity contribution in [2.45, 2.75) is 6.42 Å². The van der Waals surface area contributed by atoms with E-state index in [1.807, 2.05) is 30.3 Å². The minimum absolute atomic E-state index is 0.114. The van der Waals surface area contributed by atoms with Gasteiger partial charge in [-0.25, -0.2) is 8.78 Å². The number of rotatable bonds is 5. The van der Waals surface area contributed by atoms with E-state index in [1.165, 1.54) is 12.1 Å². The normalized spacial score (nSPS) is 10.3. The quantitative estimate of drug-likeness (QED) is 0.695. The van der Waals surface area contributed by atoms with Crippen molar-refractivity contribution in [2.24, 2.45) is 0 Å². The fraction of sp³-hybridized carbons (Fsp3) is 0.0500. The zero-order valence-electron chi connectivity index (χ0n) is 13.3. The van der Waals surface area contributed by atoms with Gasteiger partial charge in [-0.2, -0.15) is 0 Å². The molecule has 25 heavy (non-hydrogen) atoms. The maximum Gasteiger partial charge on any atom is 0.228 e. The minimum atomic E-state index is -0.666. The van der Waals surface area contributed by atoms with Crippen molar-refractivity contribution in [1.82, 2.24) is 0 Å². The van der Waals surface area contributed by atoms with Gasteiger partial charge in [-0.15, -0.1) is 0 Å².